The number of nitrogens with zero attached hydrogens (tertiary/aromatic N) is 4. The summed E-state index contributed by atoms with van der Waals surface area (Å²) >= 11 is 0. The molecule has 3 N–H and O–H groups in total. The number of imidazole rings is 1. The van der Waals surface area contributed by atoms with Crippen LogP contribution in [0.5, 0.6) is 0 Å². The zero-order valence-corrected chi connectivity index (χ0v) is 33.5. The van der Waals surface area contributed by atoms with Gasteiger partial charge in [0.2, 0.25) is 0 Å². The third-order valence-corrected chi connectivity index (χ3v) is 8.74. The predicted molar refractivity (Wildman–Crippen MR) is 116 cm³/mol. The van der Waals surface area contributed by atoms with Crippen LogP contribution in [-0.2, 0) is 38.1 Å². The maximum Gasteiger partial charge on any atom is 1.00 e. The van der Waals surface area contributed by atoms with E-state index in [0.717, 1.165) is 5.56 Å². The molecule has 18 nitrogen and oxygen atoms in total. The van der Waals surface area contributed by atoms with Crippen molar-refractivity contribution in [3.8, 4) is 0 Å². The molecule has 1 aliphatic heterocycles. The Morgan fingerprint density at radius 1 is 0.905 bits per heavy atom. The number of hydrogen-bond donors (Lipinski definition) is 3. The number of hydrogen-bond acceptors (Lipinski definition) is 17. The molecule has 1 aromatic carbocycles. The summed E-state index contributed by atoms with van der Waals surface area (Å²) in [4.78, 5) is 56.3. The van der Waals surface area contributed by atoms with Crippen LogP contribution >= 0.6 is 23.5 Å². The van der Waals surface area contributed by atoms with Crippen molar-refractivity contribution in [2.45, 2.75) is 31.1 Å². The summed E-state index contributed by atoms with van der Waals surface area (Å²) in [5.41, 5.74) is 1.45. The Morgan fingerprint density at radius 3 is 2.17 bits per heavy atom. The predicted octanol–water partition coefficient (Wildman–Crippen LogP) is -14.1. The minimum absolute atomic E-state index is 0. The Hall–Kier alpha value is 1.86. The molecule has 0 amide bonds. The molecule has 1 aliphatic rings. The number of nitrogens with one attached hydrogen (secondary N) is 1. The van der Waals surface area contributed by atoms with Gasteiger partial charge in [-0.1, -0.05) is 30.3 Å². The number of benzene rings is 1. The zero-order chi connectivity index (χ0) is 27.7. The summed E-state index contributed by atoms with van der Waals surface area (Å²) in [6.45, 7) is -0.659. The second kappa shape index (κ2) is 18.4. The number of aromatic nitrogens is 4. The number of fused-ring (bicyclic) bond motifs is 1. The van der Waals surface area contributed by atoms with Crippen LogP contribution in [0.4, 0.5) is 5.82 Å². The molecular formula is C17H18N5Na4O13P3. The van der Waals surface area contributed by atoms with Gasteiger partial charge in [-0.3, -0.25) is 18.0 Å². The normalized spacial score (nSPS) is 22.8. The van der Waals surface area contributed by atoms with Gasteiger partial charge in [0.25, 0.3) is 15.6 Å². The van der Waals surface area contributed by atoms with Crippen molar-refractivity contribution in [2.24, 2.45) is 0 Å². The molecule has 6 atom stereocenters. The molecule has 4 rings (SSSR count). The molecule has 3 aromatic rings. The summed E-state index contributed by atoms with van der Waals surface area (Å²) in [5, 5.41) is 23.9. The average Bonchev–Trinajstić information content (AvgIpc) is 3.36. The second-order valence-electron chi connectivity index (χ2n) is 7.73. The Kier molecular flexibility index (Phi) is 19.2. The molecule has 25 heteroatoms. The van der Waals surface area contributed by atoms with Gasteiger partial charge < -0.3 is 48.9 Å². The monoisotopic (exact) mass is 685 g/mol. The van der Waals surface area contributed by atoms with Crippen LogP contribution < -0.4 is 143 Å². The maximum atomic E-state index is 11.8. The quantitative estimate of drug-likeness (QED) is 0.125. The SMILES string of the molecule is O=P([O-])([O-])OP(=O)([O-])OP(=O)([O-])OC[C@H]1O[C@@H](n2cnc3c(NCc4ccccc4)ncnc32)[C@H](O)[C@@H]1O.[Na+].[Na+].[Na+].[Na+]. The van der Waals surface area contributed by atoms with Crippen LogP contribution in [0.2, 0.25) is 0 Å². The molecule has 2 aromatic heterocycles. The Balaban J connectivity index is 0.00000420. The van der Waals surface area contributed by atoms with Gasteiger partial charge in [-0.15, -0.1) is 0 Å². The number of rotatable bonds is 11. The largest absolute Gasteiger partial charge is 1.00 e. The summed E-state index contributed by atoms with van der Waals surface area (Å²) in [7, 11) is -18.1. The minimum Gasteiger partial charge on any atom is -0.790 e. The van der Waals surface area contributed by atoms with Crippen LogP contribution in [0.25, 0.3) is 11.2 Å². The number of phosphoric acid groups is 3. The van der Waals surface area contributed by atoms with Crippen LogP contribution in [0, 0.1) is 0 Å². The van der Waals surface area contributed by atoms with Crippen molar-refractivity contribution in [1.29, 1.82) is 0 Å². The van der Waals surface area contributed by atoms with E-state index in [1.165, 1.54) is 17.2 Å². The van der Waals surface area contributed by atoms with Gasteiger partial charge >= 0.3 is 118 Å². The van der Waals surface area contributed by atoms with E-state index in [1.54, 1.807) is 0 Å². The first-order valence-electron chi connectivity index (χ1n) is 10.4. The summed E-state index contributed by atoms with van der Waals surface area (Å²) in [5.74, 6) is 0.361. The third kappa shape index (κ3) is 12.1. The van der Waals surface area contributed by atoms with Crippen molar-refractivity contribution in [3.63, 3.8) is 0 Å². The molecule has 2 unspecified atom stereocenters. The number of phosphoric ester groups is 1. The Bertz CT molecular complexity index is 1440. The van der Waals surface area contributed by atoms with Crippen molar-refractivity contribution < 1.29 is 180 Å². The fourth-order valence-corrected chi connectivity index (χ4v) is 6.36. The van der Waals surface area contributed by atoms with Crippen molar-refractivity contribution in [2.75, 3.05) is 11.9 Å². The van der Waals surface area contributed by atoms with E-state index < -0.39 is 54.6 Å². The van der Waals surface area contributed by atoms with Crippen LogP contribution in [0.3, 0.4) is 0 Å². The van der Waals surface area contributed by atoms with Gasteiger partial charge in [-0.2, -0.15) is 0 Å². The number of ether oxygens (including phenoxy) is 1. The molecule has 1 fully saturated rings. The molecule has 208 valence electrons. The van der Waals surface area contributed by atoms with Crippen molar-refractivity contribution in [3.05, 3.63) is 48.5 Å². The molecule has 0 saturated carbocycles. The topological polar surface area (TPSA) is 276 Å². The van der Waals surface area contributed by atoms with Crippen LogP contribution in [-0.4, -0.2) is 54.7 Å². The van der Waals surface area contributed by atoms with E-state index in [0.29, 0.717) is 17.9 Å². The van der Waals surface area contributed by atoms with E-state index in [1.807, 2.05) is 30.3 Å². The van der Waals surface area contributed by atoms with Gasteiger partial charge in [-0.25, -0.2) is 19.3 Å². The number of anilines is 1. The molecule has 0 spiro atoms. The van der Waals surface area contributed by atoms with Gasteiger partial charge in [0.05, 0.1) is 20.8 Å². The standard InChI is InChI=1S/C17H22N5O13P3.4Na/c23-13-11(7-32-37(28,29)35-38(30,31)34-36(25,26)27)33-17(14(13)24)22-9-21-12-15(19-8-20-16(12)22)18-6-10-4-2-1-3-5-10;;;;/h1-5,8-9,11,13-14,17,23-24H,6-7H2,(H,28,29)(H,30,31)(H,18,19,20)(H2,25,26,27);;;;/q;4*+1/p-4/t11-,13-,14-,17-;;;;/m1..../s1. The molecule has 0 bridgehead atoms. The first kappa shape index (κ1) is 43.9. The molecule has 42 heavy (non-hydrogen) atoms. The van der Waals surface area contributed by atoms with Gasteiger partial charge in [0, 0.05) is 6.54 Å². The second-order valence-corrected chi connectivity index (χ2v) is 12.0. The number of aliphatic hydroxyl groups is 2. The van der Waals surface area contributed by atoms with E-state index >= 15 is 0 Å². The smallest absolute Gasteiger partial charge is 0.790 e. The van der Waals surface area contributed by atoms with E-state index in [2.05, 4.69) is 33.4 Å². The van der Waals surface area contributed by atoms with Gasteiger partial charge in [0.1, 0.15) is 24.6 Å². The Labute approximate surface area is 327 Å². The molecule has 0 aliphatic carbocycles. The van der Waals surface area contributed by atoms with Crippen molar-refractivity contribution >= 4 is 40.4 Å². The fourth-order valence-electron chi connectivity index (χ4n) is 3.49. The van der Waals surface area contributed by atoms with Crippen molar-refractivity contribution in [1.82, 2.24) is 19.5 Å². The van der Waals surface area contributed by atoms with Gasteiger partial charge in [-0.05, 0) is 5.56 Å². The number of aliphatic hydroxyl groups excluding tert-OH is 2. The summed E-state index contributed by atoms with van der Waals surface area (Å²) in [6.07, 6.45) is -3.81. The molecule has 1 saturated heterocycles. The molecule has 3 heterocycles. The third-order valence-electron chi connectivity index (χ3n) is 5.07. The first-order valence-corrected chi connectivity index (χ1v) is 14.8. The van der Waals surface area contributed by atoms with E-state index in [4.69, 9.17) is 4.74 Å². The molecule has 0 radical (unpaired) electrons. The fraction of sp³-hybridized carbons (Fsp3) is 0.353. The van der Waals surface area contributed by atoms with E-state index in [9.17, 15) is 43.5 Å². The first-order chi connectivity index (χ1) is 17.7. The zero-order valence-electron chi connectivity index (χ0n) is 22.8. The van der Waals surface area contributed by atoms with Crippen LogP contribution in [0.15, 0.2) is 43.0 Å². The molecular weight excluding hydrogens is 667 g/mol. The minimum atomic E-state index is -6.16. The van der Waals surface area contributed by atoms with E-state index in [-0.39, 0.29) is 124 Å². The summed E-state index contributed by atoms with van der Waals surface area (Å²) < 4.78 is 51.0. The van der Waals surface area contributed by atoms with Gasteiger partial charge in [0.15, 0.2) is 23.2 Å². The average molecular weight is 685 g/mol. The maximum absolute atomic E-state index is 11.8. The summed E-state index contributed by atoms with van der Waals surface area (Å²) in [6, 6.07) is 9.41. The Morgan fingerprint density at radius 2 is 1.55 bits per heavy atom. The van der Waals surface area contributed by atoms with Crippen LogP contribution in [0.1, 0.15) is 11.8 Å².